The summed E-state index contributed by atoms with van der Waals surface area (Å²) in [4.78, 5) is 10.6. The van der Waals surface area contributed by atoms with Gasteiger partial charge in [-0.05, 0) is 6.42 Å². The third kappa shape index (κ3) is 7.33. The van der Waals surface area contributed by atoms with Crippen LogP contribution >= 0.6 is 0 Å². The lowest BCUT2D eigenvalue weighted by Gasteiger charge is -2.00. The molecule has 0 aliphatic carbocycles. The molecule has 0 unspecified atom stereocenters. The van der Waals surface area contributed by atoms with E-state index < -0.39 is 16.1 Å². The van der Waals surface area contributed by atoms with Gasteiger partial charge in [-0.1, -0.05) is 18.1 Å². The van der Waals surface area contributed by atoms with Crippen molar-refractivity contribution >= 4 is 16.1 Å². The van der Waals surface area contributed by atoms with Crippen LogP contribution in [0.3, 0.4) is 0 Å². The fourth-order valence-electron chi connectivity index (χ4n) is 0.466. The molecular formula is C6H12NO4S. The van der Waals surface area contributed by atoms with Gasteiger partial charge in [0.05, 0.1) is 12.9 Å². The number of hydrogen-bond donors (Lipinski definition) is 0. The Balaban J connectivity index is 3.62. The maximum absolute atomic E-state index is 10.6. The number of nitrogens with zero attached hydrogens (tertiary/aromatic N) is 1. The van der Waals surface area contributed by atoms with Crippen molar-refractivity contribution in [3.05, 3.63) is 0 Å². The highest BCUT2D eigenvalue weighted by Gasteiger charge is 2.11. The second kappa shape index (κ2) is 4.97. The Hall–Kier alpha value is -0.780. The van der Waals surface area contributed by atoms with Crippen LogP contribution in [0.4, 0.5) is 4.79 Å². The van der Waals surface area contributed by atoms with Gasteiger partial charge in [0.15, 0.2) is 0 Å². The van der Waals surface area contributed by atoms with E-state index in [0.29, 0.717) is 6.42 Å². The monoisotopic (exact) mass is 194 g/mol. The number of unbranched alkanes of at least 4 members (excludes halogenated alkanes) is 1. The third-order valence-corrected chi connectivity index (χ3v) is 1.44. The van der Waals surface area contributed by atoms with E-state index in [-0.39, 0.29) is 6.61 Å². The highest BCUT2D eigenvalue weighted by molar-refractivity contribution is 7.89. The topological polar surface area (TPSA) is 74.5 Å². The van der Waals surface area contributed by atoms with E-state index in [0.717, 1.165) is 12.7 Å². The lowest BCUT2D eigenvalue weighted by atomic mass is 10.4. The molecule has 0 aromatic heterocycles. The predicted molar refractivity (Wildman–Crippen MR) is 43.2 cm³/mol. The van der Waals surface area contributed by atoms with E-state index in [1.54, 1.807) is 0 Å². The molecule has 0 aliphatic rings. The molecule has 0 atom stereocenters. The van der Waals surface area contributed by atoms with Crippen LogP contribution in [0.5, 0.6) is 0 Å². The molecule has 0 saturated carbocycles. The highest BCUT2D eigenvalue weighted by Crippen LogP contribution is 1.90. The van der Waals surface area contributed by atoms with Crippen molar-refractivity contribution in [2.24, 2.45) is 0 Å². The minimum absolute atomic E-state index is 0.217. The van der Waals surface area contributed by atoms with Crippen molar-refractivity contribution in [2.45, 2.75) is 19.8 Å². The van der Waals surface area contributed by atoms with Crippen LogP contribution in [0.1, 0.15) is 19.8 Å². The lowest BCUT2D eigenvalue weighted by Crippen LogP contribution is -2.23. The van der Waals surface area contributed by atoms with Crippen LogP contribution in [0.25, 0.3) is 0 Å². The zero-order valence-electron chi connectivity index (χ0n) is 7.11. The molecule has 0 N–H and O–H groups in total. The van der Waals surface area contributed by atoms with E-state index in [1.165, 1.54) is 0 Å². The number of amides is 1. The average molecular weight is 194 g/mol. The van der Waals surface area contributed by atoms with Crippen molar-refractivity contribution in [1.82, 2.24) is 4.72 Å². The summed E-state index contributed by atoms with van der Waals surface area (Å²) in [6.45, 7) is 2.15. The Kier molecular flexibility index (Phi) is 4.65. The third-order valence-electron chi connectivity index (χ3n) is 0.964. The van der Waals surface area contributed by atoms with Gasteiger partial charge in [0, 0.05) is 0 Å². The molecule has 0 bridgehead atoms. The van der Waals surface area contributed by atoms with Crippen molar-refractivity contribution in [2.75, 3.05) is 12.9 Å². The second-order valence-corrected chi connectivity index (χ2v) is 3.94. The minimum Gasteiger partial charge on any atom is -0.447 e. The first kappa shape index (κ1) is 11.2. The van der Waals surface area contributed by atoms with Gasteiger partial charge < -0.3 is 4.74 Å². The van der Waals surface area contributed by atoms with E-state index in [1.807, 2.05) is 6.92 Å². The number of rotatable bonds is 4. The predicted octanol–water partition coefficient (Wildman–Crippen LogP) is 0.487. The van der Waals surface area contributed by atoms with E-state index in [2.05, 4.69) is 9.46 Å². The Morgan fingerprint density at radius 3 is 2.50 bits per heavy atom. The zero-order chi connectivity index (χ0) is 9.61. The van der Waals surface area contributed by atoms with Gasteiger partial charge in [-0.15, -0.1) is 0 Å². The number of carbonyl (C=O) groups excluding carboxylic acids is 1. The largest absolute Gasteiger partial charge is 0.447 e. The maximum Gasteiger partial charge on any atom is 0.444 e. The first-order chi connectivity index (χ1) is 5.45. The molecule has 71 valence electrons. The van der Waals surface area contributed by atoms with Gasteiger partial charge >= 0.3 is 6.09 Å². The molecule has 0 heterocycles. The molecule has 1 amide bonds. The molecule has 0 saturated heterocycles. The van der Waals surface area contributed by atoms with Crippen LogP contribution in [0.15, 0.2) is 0 Å². The van der Waals surface area contributed by atoms with E-state index in [9.17, 15) is 13.2 Å². The van der Waals surface area contributed by atoms with Crippen molar-refractivity contribution in [1.29, 1.82) is 0 Å². The maximum atomic E-state index is 10.6. The molecule has 1 radical (unpaired) electrons. The molecule has 0 rings (SSSR count). The summed E-state index contributed by atoms with van der Waals surface area (Å²) in [5.41, 5.74) is 0. The number of carbonyl (C=O) groups is 1. The Morgan fingerprint density at radius 1 is 1.50 bits per heavy atom. The van der Waals surface area contributed by atoms with Gasteiger partial charge in [0.25, 0.3) is 10.0 Å². The highest BCUT2D eigenvalue weighted by atomic mass is 32.2. The van der Waals surface area contributed by atoms with Crippen LogP contribution in [0, 0.1) is 0 Å². The fourth-order valence-corrected chi connectivity index (χ4v) is 0.789. The average Bonchev–Trinajstić information content (AvgIpc) is 1.84. The molecule has 12 heavy (non-hydrogen) atoms. The quantitative estimate of drug-likeness (QED) is 0.610. The summed E-state index contributed by atoms with van der Waals surface area (Å²) in [5, 5.41) is 0. The van der Waals surface area contributed by atoms with E-state index in [4.69, 9.17) is 0 Å². The van der Waals surface area contributed by atoms with Gasteiger partial charge in [-0.25, -0.2) is 13.2 Å². The van der Waals surface area contributed by atoms with Crippen molar-refractivity contribution in [3.8, 4) is 0 Å². The van der Waals surface area contributed by atoms with Crippen LogP contribution < -0.4 is 4.72 Å². The molecule has 0 fully saturated rings. The second-order valence-electron chi connectivity index (χ2n) is 2.29. The fraction of sp³-hybridized carbons (Fsp3) is 0.833. The molecular weight excluding hydrogens is 182 g/mol. The lowest BCUT2D eigenvalue weighted by molar-refractivity contribution is 0.150. The van der Waals surface area contributed by atoms with Gasteiger partial charge in [0.1, 0.15) is 0 Å². The summed E-state index contributed by atoms with van der Waals surface area (Å²) in [6.07, 6.45) is 1.40. The molecule has 0 aliphatic heterocycles. The molecule has 6 heteroatoms. The van der Waals surface area contributed by atoms with E-state index >= 15 is 0 Å². The zero-order valence-corrected chi connectivity index (χ0v) is 7.93. The number of hydrogen-bond acceptors (Lipinski definition) is 4. The molecule has 0 aromatic carbocycles. The van der Waals surface area contributed by atoms with Crippen molar-refractivity contribution < 1.29 is 17.9 Å². The number of sulfonamides is 1. The Bertz CT molecular complexity index is 234. The summed E-state index contributed by atoms with van der Waals surface area (Å²) >= 11 is 0. The van der Waals surface area contributed by atoms with Gasteiger partial charge in [-0.3, -0.25) is 0 Å². The summed E-state index contributed by atoms with van der Waals surface area (Å²) in [7, 11) is -3.61. The summed E-state index contributed by atoms with van der Waals surface area (Å²) in [5.74, 6) is 0. The standard InChI is InChI=1S/C6H12NO4S/c1-3-4-5-11-6(8)7-12(2,9)10/h3-5H2,1-2H3. The smallest absolute Gasteiger partial charge is 0.444 e. The van der Waals surface area contributed by atoms with Gasteiger partial charge in [-0.2, -0.15) is 0 Å². The minimum atomic E-state index is -3.61. The van der Waals surface area contributed by atoms with Crippen LogP contribution in [-0.4, -0.2) is 27.4 Å². The normalized spacial score (nSPS) is 10.8. The van der Waals surface area contributed by atoms with Gasteiger partial charge in [0.2, 0.25) is 0 Å². The summed E-state index contributed by atoms with van der Waals surface area (Å²) < 4.78 is 28.1. The molecule has 5 nitrogen and oxygen atoms in total. The number of ether oxygens (including phenoxy) is 1. The summed E-state index contributed by atoms with van der Waals surface area (Å²) in [6, 6.07) is 0. The van der Waals surface area contributed by atoms with Crippen LogP contribution in [0.2, 0.25) is 0 Å². The first-order valence-electron chi connectivity index (χ1n) is 3.55. The molecule has 0 aromatic rings. The SMILES string of the molecule is CCCCOC(=O)[N]S(C)(=O)=O. The molecule has 0 spiro atoms. The van der Waals surface area contributed by atoms with Crippen LogP contribution in [-0.2, 0) is 14.8 Å². The Labute approximate surface area is 72.1 Å². The first-order valence-corrected chi connectivity index (χ1v) is 5.40. The Morgan fingerprint density at radius 2 is 2.08 bits per heavy atom. The van der Waals surface area contributed by atoms with Crippen molar-refractivity contribution in [3.63, 3.8) is 0 Å².